The van der Waals surface area contributed by atoms with Gasteiger partial charge < -0.3 is 9.47 Å². The van der Waals surface area contributed by atoms with E-state index in [2.05, 4.69) is 6.92 Å². The quantitative estimate of drug-likeness (QED) is 0.644. The Bertz CT molecular complexity index is 124. The van der Waals surface area contributed by atoms with E-state index in [4.69, 9.17) is 21.1 Å². The van der Waals surface area contributed by atoms with Gasteiger partial charge in [-0.3, -0.25) is 0 Å². The molecule has 0 aromatic carbocycles. The summed E-state index contributed by atoms with van der Waals surface area (Å²) in [6, 6.07) is 0. The molecule has 1 aliphatic heterocycles. The van der Waals surface area contributed by atoms with Crippen molar-refractivity contribution >= 4 is 11.6 Å². The molecule has 1 aliphatic rings. The Morgan fingerprint density at radius 2 is 2.38 bits per heavy atom. The molecule has 1 saturated heterocycles. The summed E-state index contributed by atoms with van der Waals surface area (Å²) in [6.45, 7) is 2.94. The van der Waals surface area contributed by atoms with Crippen LogP contribution in [-0.2, 0) is 9.47 Å². The Labute approximate surface area is 85.5 Å². The molecular weight excluding hydrogens is 188 g/mol. The zero-order valence-electron chi connectivity index (χ0n) is 8.30. The smallest absolute Gasteiger partial charge is 0.157 e. The second-order valence-electron chi connectivity index (χ2n) is 3.57. The summed E-state index contributed by atoms with van der Waals surface area (Å²) in [5.41, 5.74) is 0. The van der Waals surface area contributed by atoms with E-state index in [1.807, 2.05) is 0 Å². The van der Waals surface area contributed by atoms with Crippen LogP contribution in [0, 0.1) is 0 Å². The Morgan fingerprint density at radius 1 is 1.54 bits per heavy atom. The minimum Gasteiger partial charge on any atom is -0.353 e. The molecular formula is C10H19ClO2. The molecule has 1 heterocycles. The summed E-state index contributed by atoms with van der Waals surface area (Å²) in [4.78, 5) is 0. The van der Waals surface area contributed by atoms with Gasteiger partial charge in [-0.2, -0.15) is 0 Å². The highest BCUT2D eigenvalue weighted by molar-refractivity contribution is 6.17. The molecule has 78 valence electrons. The van der Waals surface area contributed by atoms with E-state index in [-0.39, 0.29) is 12.4 Å². The van der Waals surface area contributed by atoms with E-state index in [9.17, 15) is 0 Å². The van der Waals surface area contributed by atoms with Gasteiger partial charge in [0.05, 0.1) is 6.10 Å². The Kier molecular flexibility index (Phi) is 5.76. The van der Waals surface area contributed by atoms with Gasteiger partial charge in [-0.15, -0.1) is 11.6 Å². The fraction of sp³-hybridized carbons (Fsp3) is 1.00. The first kappa shape index (κ1) is 11.3. The van der Waals surface area contributed by atoms with Crippen LogP contribution in [0.3, 0.4) is 0 Å². The standard InChI is InChI=1S/C10H19ClO2/c1-9(5-4-7-11)13-10-6-2-3-8-12-10/h9-10H,2-8H2,1H3. The third-order valence-electron chi connectivity index (χ3n) is 2.27. The Morgan fingerprint density at radius 3 is 3.00 bits per heavy atom. The second-order valence-corrected chi connectivity index (χ2v) is 3.95. The van der Waals surface area contributed by atoms with Crippen molar-refractivity contribution in [3.05, 3.63) is 0 Å². The van der Waals surface area contributed by atoms with Gasteiger partial charge in [0.1, 0.15) is 0 Å². The van der Waals surface area contributed by atoms with E-state index in [0.29, 0.717) is 0 Å². The highest BCUT2D eigenvalue weighted by atomic mass is 35.5. The van der Waals surface area contributed by atoms with Crippen LogP contribution in [0.4, 0.5) is 0 Å². The SMILES string of the molecule is CC(CCCCl)OC1CCCCO1. The predicted molar refractivity (Wildman–Crippen MR) is 54.1 cm³/mol. The maximum absolute atomic E-state index is 5.71. The third kappa shape index (κ3) is 4.84. The molecule has 2 nitrogen and oxygen atoms in total. The van der Waals surface area contributed by atoms with Crippen LogP contribution in [0.5, 0.6) is 0 Å². The molecule has 3 heteroatoms. The molecule has 2 atom stereocenters. The molecule has 1 rings (SSSR count). The van der Waals surface area contributed by atoms with Crippen molar-refractivity contribution in [1.29, 1.82) is 0 Å². The second kappa shape index (κ2) is 6.63. The first-order chi connectivity index (χ1) is 6.33. The fourth-order valence-electron chi connectivity index (χ4n) is 1.51. The zero-order valence-corrected chi connectivity index (χ0v) is 9.05. The molecule has 2 unspecified atom stereocenters. The van der Waals surface area contributed by atoms with Gasteiger partial charge in [-0.1, -0.05) is 0 Å². The number of hydrogen-bond acceptors (Lipinski definition) is 2. The van der Waals surface area contributed by atoms with Gasteiger partial charge >= 0.3 is 0 Å². The molecule has 1 fully saturated rings. The van der Waals surface area contributed by atoms with Crippen molar-refractivity contribution in [3.63, 3.8) is 0 Å². The van der Waals surface area contributed by atoms with Crippen LogP contribution in [-0.4, -0.2) is 24.9 Å². The number of hydrogen-bond donors (Lipinski definition) is 0. The van der Waals surface area contributed by atoms with Gasteiger partial charge in [-0.05, 0) is 39.0 Å². The van der Waals surface area contributed by atoms with Crippen molar-refractivity contribution < 1.29 is 9.47 Å². The average Bonchev–Trinajstić information content (AvgIpc) is 2.16. The zero-order chi connectivity index (χ0) is 9.52. The van der Waals surface area contributed by atoms with Crippen LogP contribution in [0.25, 0.3) is 0 Å². The summed E-state index contributed by atoms with van der Waals surface area (Å²) in [7, 11) is 0. The largest absolute Gasteiger partial charge is 0.353 e. The molecule has 0 bridgehead atoms. The average molecular weight is 207 g/mol. The lowest BCUT2D eigenvalue weighted by Gasteiger charge is -2.25. The number of halogens is 1. The van der Waals surface area contributed by atoms with Gasteiger partial charge in [0, 0.05) is 12.5 Å². The molecule has 0 aromatic heterocycles. The molecule has 13 heavy (non-hydrogen) atoms. The maximum Gasteiger partial charge on any atom is 0.157 e. The van der Waals surface area contributed by atoms with Crippen molar-refractivity contribution in [2.75, 3.05) is 12.5 Å². The van der Waals surface area contributed by atoms with E-state index < -0.39 is 0 Å². The first-order valence-electron chi connectivity index (χ1n) is 5.16. The fourth-order valence-corrected chi connectivity index (χ4v) is 1.66. The van der Waals surface area contributed by atoms with E-state index in [0.717, 1.165) is 31.7 Å². The first-order valence-corrected chi connectivity index (χ1v) is 5.69. The summed E-state index contributed by atoms with van der Waals surface area (Å²) in [5, 5.41) is 0. The van der Waals surface area contributed by atoms with Crippen molar-refractivity contribution in [3.8, 4) is 0 Å². The summed E-state index contributed by atoms with van der Waals surface area (Å²) < 4.78 is 11.2. The monoisotopic (exact) mass is 206 g/mol. The molecule has 0 spiro atoms. The van der Waals surface area contributed by atoms with Gasteiger partial charge in [0.25, 0.3) is 0 Å². The predicted octanol–water partition coefficient (Wildman–Crippen LogP) is 2.94. The lowest BCUT2D eigenvalue weighted by atomic mass is 10.2. The topological polar surface area (TPSA) is 18.5 Å². The number of alkyl halides is 1. The van der Waals surface area contributed by atoms with Crippen molar-refractivity contribution in [2.24, 2.45) is 0 Å². The highest BCUT2D eigenvalue weighted by Gasteiger charge is 2.16. The Balaban J connectivity index is 2.07. The van der Waals surface area contributed by atoms with Crippen LogP contribution in [0.1, 0.15) is 39.0 Å². The van der Waals surface area contributed by atoms with Gasteiger partial charge in [0.15, 0.2) is 6.29 Å². The molecule has 0 amide bonds. The summed E-state index contributed by atoms with van der Waals surface area (Å²) in [6.07, 6.45) is 5.83. The normalized spacial score (nSPS) is 25.8. The minimum atomic E-state index is 0.0408. The van der Waals surface area contributed by atoms with Gasteiger partial charge in [-0.25, -0.2) is 0 Å². The molecule has 0 saturated carbocycles. The van der Waals surface area contributed by atoms with Crippen LogP contribution >= 0.6 is 11.6 Å². The maximum atomic E-state index is 5.71. The summed E-state index contributed by atoms with van der Waals surface area (Å²) in [5.74, 6) is 0.721. The highest BCUT2D eigenvalue weighted by Crippen LogP contribution is 2.16. The third-order valence-corrected chi connectivity index (χ3v) is 2.53. The number of rotatable bonds is 5. The molecule has 0 aromatic rings. The lowest BCUT2D eigenvalue weighted by molar-refractivity contribution is -0.185. The van der Waals surface area contributed by atoms with E-state index in [1.165, 1.54) is 12.8 Å². The van der Waals surface area contributed by atoms with Crippen LogP contribution < -0.4 is 0 Å². The van der Waals surface area contributed by atoms with Crippen molar-refractivity contribution in [1.82, 2.24) is 0 Å². The summed E-state index contributed by atoms with van der Waals surface area (Å²) >= 11 is 5.60. The van der Waals surface area contributed by atoms with Crippen molar-refractivity contribution in [2.45, 2.75) is 51.4 Å². The van der Waals surface area contributed by atoms with E-state index >= 15 is 0 Å². The minimum absolute atomic E-state index is 0.0408. The van der Waals surface area contributed by atoms with Gasteiger partial charge in [0.2, 0.25) is 0 Å². The van der Waals surface area contributed by atoms with Crippen LogP contribution in [0.2, 0.25) is 0 Å². The molecule has 0 radical (unpaired) electrons. The lowest BCUT2D eigenvalue weighted by Crippen LogP contribution is -2.26. The van der Waals surface area contributed by atoms with E-state index in [1.54, 1.807) is 0 Å². The molecule has 0 N–H and O–H groups in total. The number of ether oxygens (including phenoxy) is 2. The van der Waals surface area contributed by atoms with Crippen LogP contribution in [0.15, 0.2) is 0 Å². The Hall–Kier alpha value is 0.210. The molecule has 0 aliphatic carbocycles.